The second kappa shape index (κ2) is 4.74. The largest absolute Gasteiger partial charge is 0.508 e. The molecule has 1 atom stereocenters. The molecule has 4 nitrogen and oxygen atoms in total. The summed E-state index contributed by atoms with van der Waals surface area (Å²) in [5.41, 5.74) is 1.87. The van der Waals surface area contributed by atoms with Gasteiger partial charge in [-0.15, -0.1) is 0 Å². The number of carbonyl (C=O) groups excluding carboxylic acids is 1. The molecule has 100 valence electrons. The normalized spacial score (nSPS) is 18.2. The Morgan fingerprint density at radius 3 is 2.20 bits per heavy atom. The number of esters is 1. The lowest BCUT2D eigenvalue weighted by atomic mass is 9.95. The number of aromatic hydroxyl groups is 1. The molecule has 1 heterocycles. The third kappa shape index (κ3) is 2.01. The number of rotatable bonds is 2. The Balaban J connectivity index is 2.08. The molecule has 1 aliphatic rings. The van der Waals surface area contributed by atoms with Crippen LogP contribution in [-0.2, 0) is 9.53 Å². The van der Waals surface area contributed by atoms with Crippen LogP contribution in [0.15, 0.2) is 60.4 Å². The smallest absolute Gasteiger partial charge is 0.374 e. The molecule has 2 aromatic carbocycles. The predicted molar refractivity (Wildman–Crippen MR) is 72.9 cm³/mol. The first-order valence-electron chi connectivity index (χ1n) is 6.15. The highest BCUT2D eigenvalue weighted by atomic mass is 16.6. The van der Waals surface area contributed by atoms with Crippen molar-refractivity contribution in [2.24, 2.45) is 0 Å². The SMILES string of the molecule is O=C1O[C@@H](c2ccc(O)cc2)C(c2ccccc2)=C1O. The van der Waals surface area contributed by atoms with Crippen LogP contribution < -0.4 is 0 Å². The van der Waals surface area contributed by atoms with E-state index in [1.165, 1.54) is 12.1 Å². The first kappa shape index (κ1) is 12.3. The first-order valence-corrected chi connectivity index (χ1v) is 6.15. The number of aliphatic hydroxyl groups is 1. The van der Waals surface area contributed by atoms with Gasteiger partial charge in [0.15, 0.2) is 6.10 Å². The molecule has 0 saturated carbocycles. The fraction of sp³-hybridized carbons (Fsp3) is 0.0625. The Kier molecular flexibility index (Phi) is 2.91. The number of benzene rings is 2. The average Bonchev–Trinajstić information content (AvgIpc) is 2.77. The molecule has 0 amide bonds. The van der Waals surface area contributed by atoms with Crippen LogP contribution in [0.1, 0.15) is 17.2 Å². The van der Waals surface area contributed by atoms with E-state index in [0.717, 1.165) is 5.56 Å². The molecule has 0 radical (unpaired) electrons. The van der Waals surface area contributed by atoms with Gasteiger partial charge in [0.05, 0.1) is 5.57 Å². The molecule has 3 rings (SSSR count). The lowest BCUT2D eigenvalue weighted by Gasteiger charge is -2.14. The van der Waals surface area contributed by atoms with Crippen LogP contribution in [0.2, 0.25) is 0 Å². The molecule has 0 spiro atoms. The summed E-state index contributed by atoms with van der Waals surface area (Å²) in [4.78, 5) is 11.6. The minimum atomic E-state index is -0.734. The minimum absolute atomic E-state index is 0.132. The van der Waals surface area contributed by atoms with Gasteiger partial charge in [-0.25, -0.2) is 4.79 Å². The van der Waals surface area contributed by atoms with E-state index in [9.17, 15) is 15.0 Å². The Morgan fingerprint density at radius 1 is 0.900 bits per heavy atom. The van der Waals surface area contributed by atoms with Crippen LogP contribution in [0.3, 0.4) is 0 Å². The number of aliphatic hydroxyl groups excluding tert-OH is 1. The van der Waals surface area contributed by atoms with Gasteiger partial charge in [-0.05, 0) is 23.3 Å². The quantitative estimate of drug-likeness (QED) is 0.822. The topological polar surface area (TPSA) is 66.8 Å². The van der Waals surface area contributed by atoms with Crippen molar-refractivity contribution in [1.82, 2.24) is 0 Å². The van der Waals surface area contributed by atoms with Gasteiger partial charge in [-0.2, -0.15) is 0 Å². The molecule has 2 N–H and O–H groups in total. The summed E-state index contributed by atoms with van der Waals surface area (Å²) in [5.74, 6) is -0.969. The average molecular weight is 268 g/mol. The highest BCUT2D eigenvalue weighted by Gasteiger charge is 2.36. The van der Waals surface area contributed by atoms with Gasteiger partial charge in [0.2, 0.25) is 5.76 Å². The number of ether oxygens (including phenoxy) is 1. The van der Waals surface area contributed by atoms with E-state index in [1.54, 1.807) is 24.3 Å². The number of phenolic OH excluding ortho intramolecular Hbond substituents is 1. The molecule has 1 aliphatic heterocycles. The summed E-state index contributed by atoms with van der Waals surface area (Å²) in [7, 11) is 0. The maximum atomic E-state index is 11.6. The summed E-state index contributed by atoms with van der Waals surface area (Å²) in [6.45, 7) is 0. The molecule has 0 aromatic heterocycles. The van der Waals surface area contributed by atoms with Crippen molar-refractivity contribution in [3.05, 3.63) is 71.5 Å². The van der Waals surface area contributed by atoms with Crippen LogP contribution in [0.5, 0.6) is 5.75 Å². The van der Waals surface area contributed by atoms with Crippen molar-refractivity contribution in [3.63, 3.8) is 0 Å². The Hall–Kier alpha value is -2.75. The highest BCUT2D eigenvalue weighted by molar-refractivity contribution is 6.00. The van der Waals surface area contributed by atoms with Gasteiger partial charge < -0.3 is 14.9 Å². The molecular weight excluding hydrogens is 256 g/mol. The van der Waals surface area contributed by atoms with E-state index in [2.05, 4.69) is 0 Å². The van der Waals surface area contributed by atoms with Crippen molar-refractivity contribution >= 4 is 11.5 Å². The molecule has 0 bridgehead atoms. The third-order valence-electron chi connectivity index (χ3n) is 3.22. The summed E-state index contributed by atoms with van der Waals surface area (Å²) >= 11 is 0. The van der Waals surface area contributed by atoms with Crippen molar-refractivity contribution in [2.75, 3.05) is 0 Å². The predicted octanol–water partition coefficient (Wildman–Crippen LogP) is 2.96. The molecule has 2 aromatic rings. The molecule has 0 unspecified atom stereocenters. The molecular formula is C16H12O4. The molecule has 0 aliphatic carbocycles. The van der Waals surface area contributed by atoms with Crippen LogP contribution in [0.25, 0.3) is 5.57 Å². The number of hydrogen-bond acceptors (Lipinski definition) is 4. The van der Waals surface area contributed by atoms with Gasteiger partial charge in [0.25, 0.3) is 0 Å². The zero-order chi connectivity index (χ0) is 14.1. The van der Waals surface area contributed by atoms with Crippen molar-refractivity contribution in [2.45, 2.75) is 6.10 Å². The molecule has 4 heteroatoms. The van der Waals surface area contributed by atoms with E-state index >= 15 is 0 Å². The van der Waals surface area contributed by atoms with E-state index in [0.29, 0.717) is 11.1 Å². The van der Waals surface area contributed by atoms with E-state index < -0.39 is 12.1 Å². The van der Waals surface area contributed by atoms with Gasteiger partial charge in [0, 0.05) is 0 Å². The minimum Gasteiger partial charge on any atom is -0.508 e. The summed E-state index contributed by atoms with van der Waals surface area (Å²) in [5, 5.41) is 19.3. The van der Waals surface area contributed by atoms with E-state index in [-0.39, 0.29) is 11.5 Å². The highest BCUT2D eigenvalue weighted by Crippen LogP contribution is 2.40. The van der Waals surface area contributed by atoms with Gasteiger partial charge in [-0.3, -0.25) is 0 Å². The van der Waals surface area contributed by atoms with Crippen LogP contribution in [0.4, 0.5) is 0 Å². The summed E-state index contributed by atoms with van der Waals surface area (Å²) < 4.78 is 5.22. The fourth-order valence-electron chi connectivity index (χ4n) is 2.25. The van der Waals surface area contributed by atoms with Crippen LogP contribution in [0, 0.1) is 0 Å². The zero-order valence-corrected chi connectivity index (χ0v) is 10.5. The second-order valence-electron chi connectivity index (χ2n) is 4.51. The van der Waals surface area contributed by atoms with Crippen molar-refractivity contribution in [3.8, 4) is 5.75 Å². The summed E-state index contributed by atoms with van der Waals surface area (Å²) in [6.07, 6.45) is -0.662. The van der Waals surface area contributed by atoms with Gasteiger partial charge >= 0.3 is 5.97 Å². The van der Waals surface area contributed by atoms with Gasteiger partial charge in [-0.1, -0.05) is 42.5 Å². The number of cyclic esters (lactones) is 1. The van der Waals surface area contributed by atoms with Crippen molar-refractivity contribution < 1.29 is 19.7 Å². The monoisotopic (exact) mass is 268 g/mol. The lowest BCUT2D eigenvalue weighted by Crippen LogP contribution is -2.03. The summed E-state index contributed by atoms with van der Waals surface area (Å²) in [6, 6.07) is 15.5. The number of hydrogen-bond donors (Lipinski definition) is 2. The molecule has 20 heavy (non-hydrogen) atoms. The second-order valence-corrected chi connectivity index (χ2v) is 4.51. The van der Waals surface area contributed by atoms with Gasteiger partial charge in [0.1, 0.15) is 5.75 Å². The third-order valence-corrected chi connectivity index (χ3v) is 3.22. The molecule has 0 saturated heterocycles. The van der Waals surface area contributed by atoms with E-state index in [1.807, 2.05) is 18.2 Å². The maximum absolute atomic E-state index is 11.6. The Labute approximate surface area is 115 Å². The fourth-order valence-corrected chi connectivity index (χ4v) is 2.25. The lowest BCUT2D eigenvalue weighted by molar-refractivity contribution is -0.142. The number of phenols is 1. The van der Waals surface area contributed by atoms with Crippen molar-refractivity contribution in [1.29, 1.82) is 0 Å². The van der Waals surface area contributed by atoms with E-state index in [4.69, 9.17) is 4.74 Å². The standard InChI is InChI=1S/C16H12O4/c17-12-8-6-11(7-9-12)15-13(14(18)16(19)20-15)10-4-2-1-3-5-10/h1-9,15,17-18H/t15-/m0/s1. The first-order chi connectivity index (χ1) is 9.66. The molecule has 0 fully saturated rings. The zero-order valence-electron chi connectivity index (χ0n) is 10.5. The Morgan fingerprint density at radius 2 is 1.55 bits per heavy atom. The maximum Gasteiger partial charge on any atom is 0.374 e. The van der Waals surface area contributed by atoms with Crippen LogP contribution in [-0.4, -0.2) is 16.2 Å². The van der Waals surface area contributed by atoms with Crippen LogP contribution >= 0.6 is 0 Å². The number of carbonyl (C=O) groups is 1. The Bertz CT molecular complexity index is 671.